The summed E-state index contributed by atoms with van der Waals surface area (Å²) in [5, 5.41) is 2.73. The monoisotopic (exact) mass is 490 g/mol. The summed E-state index contributed by atoms with van der Waals surface area (Å²) in [6.07, 6.45) is 0. The Kier molecular flexibility index (Phi) is 6.63. The lowest BCUT2D eigenvalue weighted by Crippen LogP contribution is -2.14. The van der Waals surface area contributed by atoms with Crippen molar-refractivity contribution < 1.29 is 22.7 Å². The number of anilines is 2. The van der Waals surface area contributed by atoms with Crippen molar-refractivity contribution in [1.29, 1.82) is 0 Å². The van der Waals surface area contributed by atoms with Crippen molar-refractivity contribution in [2.75, 3.05) is 24.3 Å². The molecule has 2 N–H and O–H groups in total. The predicted octanol–water partition coefficient (Wildman–Crippen LogP) is 4.52. The van der Waals surface area contributed by atoms with Gasteiger partial charge in [-0.15, -0.1) is 0 Å². The lowest BCUT2D eigenvalue weighted by molar-refractivity contribution is 0.102. The third-order valence-electron chi connectivity index (χ3n) is 4.18. The normalized spacial score (nSPS) is 10.9. The van der Waals surface area contributed by atoms with E-state index in [1.165, 1.54) is 44.6 Å². The van der Waals surface area contributed by atoms with Crippen LogP contribution in [0.15, 0.2) is 76.1 Å². The van der Waals surface area contributed by atoms with E-state index >= 15 is 0 Å². The molecule has 156 valence electrons. The van der Waals surface area contributed by atoms with E-state index in [1.54, 1.807) is 36.4 Å². The highest BCUT2D eigenvalue weighted by Crippen LogP contribution is 2.31. The summed E-state index contributed by atoms with van der Waals surface area (Å²) in [7, 11) is -0.942. The number of rotatable bonds is 7. The van der Waals surface area contributed by atoms with E-state index in [0.717, 1.165) is 4.47 Å². The van der Waals surface area contributed by atoms with Crippen molar-refractivity contribution in [1.82, 2.24) is 0 Å². The molecule has 9 heteroatoms. The Morgan fingerprint density at radius 2 is 1.57 bits per heavy atom. The van der Waals surface area contributed by atoms with Gasteiger partial charge in [-0.25, -0.2) is 8.42 Å². The van der Waals surface area contributed by atoms with Gasteiger partial charge in [0.2, 0.25) is 0 Å². The van der Waals surface area contributed by atoms with Gasteiger partial charge in [0.05, 0.1) is 24.8 Å². The number of hydrogen-bond acceptors (Lipinski definition) is 5. The smallest absolute Gasteiger partial charge is 0.262 e. The maximum Gasteiger partial charge on any atom is 0.262 e. The number of hydrogen-bond donors (Lipinski definition) is 2. The highest BCUT2D eigenvalue weighted by Gasteiger charge is 2.17. The van der Waals surface area contributed by atoms with Gasteiger partial charge in [0, 0.05) is 21.8 Å². The molecule has 0 heterocycles. The van der Waals surface area contributed by atoms with E-state index in [9.17, 15) is 13.2 Å². The maximum absolute atomic E-state index is 12.8. The van der Waals surface area contributed by atoms with E-state index in [4.69, 9.17) is 9.47 Å². The largest absolute Gasteiger partial charge is 0.497 e. The van der Waals surface area contributed by atoms with Gasteiger partial charge in [0.15, 0.2) is 0 Å². The number of nitrogens with one attached hydrogen (secondary N) is 2. The zero-order chi connectivity index (χ0) is 21.7. The molecule has 0 spiro atoms. The molecular weight excluding hydrogens is 472 g/mol. The van der Waals surface area contributed by atoms with E-state index < -0.39 is 10.0 Å². The molecule has 7 nitrogen and oxygen atoms in total. The van der Waals surface area contributed by atoms with Gasteiger partial charge >= 0.3 is 0 Å². The SMILES string of the molecule is COc1ccc(OC)c(NS(=O)(=O)c2ccc(NC(=O)c3ccc(Br)cc3)cc2)c1. The first kappa shape index (κ1) is 21.7. The van der Waals surface area contributed by atoms with Gasteiger partial charge in [-0.1, -0.05) is 15.9 Å². The zero-order valence-corrected chi connectivity index (χ0v) is 18.6. The lowest BCUT2D eigenvalue weighted by atomic mass is 10.2. The highest BCUT2D eigenvalue weighted by molar-refractivity contribution is 9.10. The second-order valence-electron chi connectivity index (χ2n) is 6.16. The second-order valence-corrected chi connectivity index (χ2v) is 8.76. The van der Waals surface area contributed by atoms with Gasteiger partial charge in [-0.3, -0.25) is 9.52 Å². The Balaban J connectivity index is 1.76. The standard InChI is InChI=1S/C21H19BrN2O5S/c1-28-17-9-12-20(29-2)19(13-17)24-30(26,27)18-10-7-16(8-11-18)23-21(25)14-3-5-15(22)6-4-14/h3-13,24H,1-2H3,(H,23,25). The van der Waals surface area contributed by atoms with Crippen molar-refractivity contribution in [2.24, 2.45) is 0 Å². The average molecular weight is 491 g/mol. The Morgan fingerprint density at radius 3 is 2.17 bits per heavy atom. The molecule has 0 unspecified atom stereocenters. The van der Waals surface area contributed by atoms with Crippen molar-refractivity contribution >= 4 is 43.2 Å². The van der Waals surface area contributed by atoms with Crippen LogP contribution < -0.4 is 19.5 Å². The van der Waals surface area contributed by atoms with Gasteiger partial charge < -0.3 is 14.8 Å². The van der Waals surface area contributed by atoms with Crippen LogP contribution in [0.25, 0.3) is 0 Å². The van der Waals surface area contributed by atoms with E-state index in [0.29, 0.717) is 22.7 Å². The van der Waals surface area contributed by atoms with Crippen molar-refractivity contribution in [3.05, 3.63) is 76.8 Å². The molecule has 0 atom stereocenters. The predicted molar refractivity (Wildman–Crippen MR) is 119 cm³/mol. The Labute approximate surface area is 183 Å². The lowest BCUT2D eigenvalue weighted by Gasteiger charge is -2.13. The fourth-order valence-corrected chi connectivity index (χ4v) is 3.95. The quantitative estimate of drug-likeness (QED) is 0.507. The summed E-state index contributed by atoms with van der Waals surface area (Å²) in [6, 6.07) is 17.6. The maximum atomic E-state index is 12.8. The third kappa shape index (κ3) is 5.11. The molecule has 3 rings (SSSR count). The van der Waals surface area contributed by atoms with Gasteiger partial charge in [0.25, 0.3) is 15.9 Å². The fourth-order valence-electron chi connectivity index (χ4n) is 2.62. The van der Waals surface area contributed by atoms with Gasteiger partial charge in [0.1, 0.15) is 11.5 Å². The fraction of sp³-hybridized carbons (Fsp3) is 0.0952. The molecule has 0 fully saturated rings. The van der Waals surface area contributed by atoms with Crippen LogP contribution in [0.2, 0.25) is 0 Å². The van der Waals surface area contributed by atoms with Crippen LogP contribution in [0.3, 0.4) is 0 Å². The summed E-state index contributed by atoms with van der Waals surface area (Å²) in [5.74, 6) is 0.551. The Hall–Kier alpha value is -3.04. The number of carbonyl (C=O) groups is 1. The third-order valence-corrected chi connectivity index (χ3v) is 6.09. The minimum absolute atomic E-state index is 0.0361. The molecule has 0 radical (unpaired) electrons. The Morgan fingerprint density at radius 1 is 0.900 bits per heavy atom. The average Bonchev–Trinajstić information content (AvgIpc) is 2.74. The van der Waals surface area contributed by atoms with Crippen LogP contribution in [-0.2, 0) is 10.0 Å². The first-order valence-corrected chi connectivity index (χ1v) is 11.0. The second kappa shape index (κ2) is 9.19. The zero-order valence-electron chi connectivity index (χ0n) is 16.2. The highest BCUT2D eigenvalue weighted by atomic mass is 79.9. The summed E-state index contributed by atoms with van der Waals surface area (Å²) in [4.78, 5) is 12.3. The number of sulfonamides is 1. The van der Waals surface area contributed by atoms with Crippen LogP contribution in [-0.4, -0.2) is 28.5 Å². The molecule has 0 saturated carbocycles. The first-order valence-electron chi connectivity index (χ1n) is 8.74. The van der Waals surface area contributed by atoms with E-state index in [2.05, 4.69) is 26.0 Å². The molecule has 30 heavy (non-hydrogen) atoms. The molecule has 3 aromatic carbocycles. The number of halogens is 1. The molecule has 0 aliphatic rings. The summed E-state index contributed by atoms with van der Waals surface area (Å²) < 4.78 is 39.2. The molecular formula is C21H19BrN2O5S. The molecule has 0 aliphatic heterocycles. The molecule has 3 aromatic rings. The molecule has 0 aliphatic carbocycles. The Bertz CT molecular complexity index is 1150. The van der Waals surface area contributed by atoms with Crippen molar-refractivity contribution in [2.45, 2.75) is 4.90 Å². The molecule has 0 aromatic heterocycles. The van der Waals surface area contributed by atoms with Crippen LogP contribution in [0.4, 0.5) is 11.4 Å². The van der Waals surface area contributed by atoms with Crippen LogP contribution in [0.5, 0.6) is 11.5 Å². The van der Waals surface area contributed by atoms with E-state index in [-0.39, 0.29) is 16.5 Å². The number of benzene rings is 3. The minimum atomic E-state index is -3.88. The number of ether oxygens (including phenoxy) is 2. The van der Waals surface area contributed by atoms with Gasteiger partial charge in [-0.2, -0.15) is 0 Å². The number of methoxy groups -OCH3 is 2. The van der Waals surface area contributed by atoms with Crippen LogP contribution >= 0.6 is 15.9 Å². The summed E-state index contributed by atoms with van der Waals surface area (Å²) in [6.45, 7) is 0. The number of amides is 1. The number of carbonyl (C=O) groups excluding carboxylic acids is 1. The van der Waals surface area contributed by atoms with Crippen LogP contribution in [0, 0.1) is 0 Å². The topological polar surface area (TPSA) is 93.7 Å². The molecule has 0 bridgehead atoms. The van der Waals surface area contributed by atoms with Crippen molar-refractivity contribution in [3.63, 3.8) is 0 Å². The van der Waals surface area contributed by atoms with Crippen LogP contribution in [0.1, 0.15) is 10.4 Å². The summed E-state index contributed by atoms with van der Waals surface area (Å²) in [5.41, 5.74) is 1.21. The molecule has 0 saturated heterocycles. The minimum Gasteiger partial charge on any atom is -0.497 e. The van der Waals surface area contributed by atoms with Crippen molar-refractivity contribution in [3.8, 4) is 11.5 Å². The molecule has 1 amide bonds. The summed E-state index contributed by atoms with van der Waals surface area (Å²) >= 11 is 3.32. The van der Waals surface area contributed by atoms with E-state index in [1.807, 2.05) is 0 Å². The van der Waals surface area contributed by atoms with Gasteiger partial charge in [-0.05, 0) is 60.7 Å². The first-order chi connectivity index (χ1) is 14.3.